The summed E-state index contributed by atoms with van der Waals surface area (Å²) < 4.78 is 0. The number of hydrogen-bond donors (Lipinski definition) is 1. The maximum Gasteiger partial charge on any atom is 0.228 e. The first-order valence-corrected chi connectivity index (χ1v) is 7.41. The first-order chi connectivity index (χ1) is 9.70. The zero-order valence-corrected chi connectivity index (χ0v) is 11.8. The molecule has 108 valence electrons. The fourth-order valence-corrected chi connectivity index (χ4v) is 2.65. The van der Waals surface area contributed by atoms with Gasteiger partial charge in [0.2, 0.25) is 5.91 Å². The highest BCUT2D eigenvalue weighted by molar-refractivity contribution is 5.78. The van der Waals surface area contributed by atoms with Crippen LogP contribution in [0.5, 0.6) is 0 Å². The predicted octanol–water partition coefficient (Wildman–Crippen LogP) is 0.760. The van der Waals surface area contributed by atoms with Gasteiger partial charge in [-0.1, -0.05) is 0 Å². The van der Waals surface area contributed by atoms with Crippen molar-refractivity contribution in [3.63, 3.8) is 0 Å². The molecule has 5 heteroatoms. The van der Waals surface area contributed by atoms with Crippen LogP contribution in [-0.4, -0.2) is 53.4 Å². The fourth-order valence-electron chi connectivity index (χ4n) is 2.65. The molecule has 1 aromatic rings. The van der Waals surface area contributed by atoms with E-state index in [1.807, 2.05) is 11.0 Å². The maximum atomic E-state index is 12.2. The Bertz CT molecular complexity index is 461. The Morgan fingerprint density at radius 2 is 2.00 bits per heavy atom. The molecule has 0 bridgehead atoms. The van der Waals surface area contributed by atoms with E-state index in [2.05, 4.69) is 9.88 Å². The lowest BCUT2D eigenvalue weighted by molar-refractivity contribution is -0.132. The van der Waals surface area contributed by atoms with Gasteiger partial charge in [-0.05, 0) is 30.9 Å². The molecule has 1 amide bonds. The minimum absolute atomic E-state index is 0.174. The highest BCUT2D eigenvalue weighted by atomic mass is 16.2. The van der Waals surface area contributed by atoms with Gasteiger partial charge >= 0.3 is 0 Å². The second kappa shape index (κ2) is 5.79. The van der Waals surface area contributed by atoms with Crippen molar-refractivity contribution >= 4 is 11.6 Å². The van der Waals surface area contributed by atoms with E-state index in [4.69, 9.17) is 5.73 Å². The van der Waals surface area contributed by atoms with E-state index in [9.17, 15) is 4.79 Å². The van der Waals surface area contributed by atoms with Crippen LogP contribution in [0.3, 0.4) is 0 Å². The minimum Gasteiger partial charge on any atom is -0.397 e. The smallest absolute Gasteiger partial charge is 0.228 e. The third-order valence-corrected chi connectivity index (χ3v) is 4.12. The van der Waals surface area contributed by atoms with Crippen LogP contribution >= 0.6 is 0 Å². The standard InChI is InChI=1S/C15H22N4O/c16-13-3-4-14(17-10-13)9-15(20)19-7-5-18(6-8-19)11-12-1-2-12/h3-4,10,12H,1-2,5-9,11,16H2. The summed E-state index contributed by atoms with van der Waals surface area (Å²) >= 11 is 0. The molecule has 0 aromatic carbocycles. The summed E-state index contributed by atoms with van der Waals surface area (Å²) in [4.78, 5) is 20.9. The third kappa shape index (κ3) is 3.48. The number of aromatic nitrogens is 1. The van der Waals surface area contributed by atoms with Gasteiger partial charge in [-0.25, -0.2) is 0 Å². The SMILES string of the molecule is Nc1ccc(CC(=O)N2CCN(CC3CC3)CC2)nc1. The highest BCUT2D eigenvalue weighted by Crippen LogP contribution is 2.29. The molecule has 2 fully saturated rings. The number of carbonyl (C=O) groups excluding carboxylic acids is 1. The molecule has 2 aliphatic rings. The molecule has 0 unspecified atom stereocenters. The van der Waals surface area contributed by atoms with Crippen LogP contribution in [-0.2, 0) is 11.2 Å². The van der Waals surface area contributed by atoms with Crippen molar-refractivity contribution in [2.24, 2.45) is 5.92 Å². The summed E-state index contributed by atoms with van der Waals surface area (Å²) in [5, 5.41) is 0. The van der Waals surface area contributed by atoms with Crippen LogP contribution in [0.25, 0.3) is 0 Å². The van der Waals surface area contributed by atoms with Gasteiger partial charge in [0.1, 0.15) is 0 Å². The second-order valence-electron chi connectivity index (χ2n) is 5.88. The van der Waals surface area contributed by atoms with Crippen molar-refractivity contribution in [1.82, 2.24) is 14.8 Å². The van der Waals surface area contributed by atoms with Crippen molar-refractivity contribution in [2.75, 3.05) is 38.5 Å². The number of piperazine rings is 1. The van der Waals surface area contributed by atoms with E-state index in [1.54, 1.807) is 12.3 Å². The molecule has 0 atom stereocenters. The van der Waals surface area contributed by atoms with Crippen LogP contribution in [0.1, 0.15) is 18.5 Å². The first-order valence-electron chi connectivity index (χ1n) is 7.41. The molecule has 20 heavy (non-hydrogen) atoms. The number of pyridine rings is 1. The van der Waals surface area contributed by atoms with E-state index in [-0.39, 0.29) is 5.91 Å². The molecule has 1 saturated heterocycles. The molecular weight excluding hydrogens is 252 g/mol. The molecule has 0 spiro atoms. The minimum atomic E-state index is 0.174. The molecule has 2 heterocycles. The average molecular weight is 274 g/mol. The number of nitrogens with zero attached hydrogens (tertiary/aromatic N) is 3. The zero-order chi connectivity index (χ0) is 13.9. The normalized spacial score (nSPS) is 20.1. The topological polar surface area (TPSA) is 62.5 Å². The van der Waals surface area contributed by atoms with E-state index in [1.165, 1.54) is 19.4 Å². The number of carbonyl (C=O) groups is 1. The predicted molar refractivity (Wildman–Crippen MR) is 78.1 cm³/mol. The summed E-state index contributed by atoms with van der Waals surface area (Å²) in [5.41, 5.74) is 7.03. The van der Waals surface area contributed by atoms with Crippen molar-refractivity contribution in [3.05, 3.63) is 24.0 Å². The van der Waals surface area contributed by atoms with Crippen molar-refractivity contribution in [1.29, 1.82) is 0 Å². The van der Waals surface area contributed by atoms with E-state index in [0.29, 0.717) is 12.1 Å². The quantitative estimate of drug-likeness (QED) is 0.880. The second-order valence-corrected chi connectivity index (χ2v) is 5.88. The lowest BCUT2D eigenvalue weighted by atomic mass is 10.2. The summed E-state index contributed by atoms with van der Waals surface area (Å²) in [7, 11) is 0. The summed E-state index contributed by atoms with van der Waals surface area (Å²) in [5.74, 6) is 1.10. The monoisotopic (exact) mass is 274 g/mol. The molecular formula is C15H22N4O. The van der Waals surface area contributed by atoms with Gasteiger partial charge in [-0.3, -0.25) is 14.7 Å². The van der Waals surface area contributed by atoms with Gasteiger partial charge < -0.3 is 10.6 Å². The van der Waals surface area contributed by atoms with Crippen LogP contribution < -0.4 is 5.73 Å². The van der Waals surface area contributed by atoms with Gasteiger partial charge in [-0.15, -0.1) is 0 Å². The van der Waals surface area contributed by atoms with Gasteiger partial charge in [0.15, 0.2) is 0 Å². The maximum absolute atomic E-state index is 12.2. The lowest BCUT2D eigenvalue weighted by Crippen LogP contribution is -2.49. The average Bonchev–Trinajstić information content (AvgIpc) is 3.26. The van der Waals surface area contributed by atoms with E-state index >= 15 is 0 Å². The molecule has 5 nitrogen and oxygen atoms in total. The van der Waals surface area contributed by atoms with Crippen LogP contribution in [0.15, 0.2) is 18.3 Å². The summed E-state index contributed by atoms with van der Waals surface area (Å²) in [6, 6.07) is 3.62. The molecule has 1 saturated carbocycles. The molecule has 1 aliphatic carbocycles. The number of nitrogens with two attached hydrogens (primary N) is 1. The number of anilines is 1. The Morgan fingerprint density at radius 1 is 1.25 bits per heavy atom. The number of nitrogen functional groups attached to an aromatic ring is 1. The largest absolute Gasteiger partial charge is 0.397 e. The molecule has 0 radical (unpaired) electrons. The zero-order valence-electron chi connectivity index (χ0n) is 11.8. The first kappa shape index (κ1) is 13.4. The van der Waals surface area contributed by atoms with Crippen LogP contribution in [0.2, 0.25) is 0 Å². The van der Waals surface area contributed by atoms with Gasteiger partial charge in [-0.2, -0.15) is 0 Å². The van der Waals surface area contributed by atoms with E-state index in [0.717, 1.165) is 37.8 Å². The van der Waals surface area contributed by atoms with Gasteiger partial charge in [0, 0.05) is 38.4 Å². The number of hydrogen-bond acceptors (Lipinski definition) is 4. The lowest BCUT2D eigenvalue weighted by Gasteiger charge is -2.34. The Labute approximate surface area is 119 Å². The fraction of sp³-hybridized carbons (Fsp3) is 0.600. The van der Waals surface area contributed by atoms with Crippen molar-refractivity contribution < 1.29 is 4.79 Å². The van der Waals surface area contributed by atoms with Crippen LogP contribution in [0.4, 0.5) is 5.69 Å². The molecule has 3 rings (SSSR count). The Balaban J connectivity index is 1.47. The van der Waals surface area contributed by atoms with Gasteiger partial charge in [0.05, 0.1) is 18.3 Å². The summed E-state index contributed by atoms with van der Waals surface area (Å²) in [6.07, 6.45) is 4.77. The number of rotatable bonds is 4. The highest BCUT2D eigenvalue weighted by Gasteiger charge is 2.27. The molecule has 1 aliphatic heterocycles. The Kier molecular flexibility index (Phi) is 3.87. The molecule has 2 N–H and O–H groups in total. The summed E-state index contributed by atoms with van der Waals surface area (Å²) in [6.45, 7) is 4.94. The van der Waals surface area contributed by atoms with E-state index < -0.39 is 0 Å². The van der Waals surface area contributed by atoms with Crippen LogP contribution in [0, 0.1) is 5.92 Å². The van der Waals surface area contributed by atoms with Crippen molar-refractivity contribution in [3.8, 4) is 0 Å². The Morgan fingerprint density at radius 3 is 2.60 bits per heavy atom. The third-order valence-electron chi connectivity index (χ3n) is 4.12. The van der Waals surface area contributed by atoms with Gasteiger partial charge in [0.25, 0.3) is 0 Å². The number of amides is 1. The molecule has 1 aromatic heterocycles. The van der Waals surface area contributed by atoms with Crippen molar-refractivity contribution in [2.45, 2.75) is 19.3 Å². The Hall–Kier alpha value is -1.62.